The van der Waals surface area contributed by atoms with Crippen LogP contribution in [0.3, 0.4) is 0 Å². The van der Waals surface area contributed by atoms with Crippen molar-refractivity contribution < 1.29 is 9.59 Å². The molecular formula is C26H24N4O2S2. The Balaban J connectivity index is 0.000000868. The van der Waals surface area contributed by atoms with Gasteiger partial charge in [0.2, 0.25) is 6.41 Å². The fourth-order valence-electron chi connectivity index (χ4n) is 3.55. The summed E-state index contributed by atoms with van der Waals surface area (Å²) in [5, 5.41) is 1.67. The topological polar surface area (TPSA) is 79.0 Å². The quantitative estimate of drug-likeness (QED) is 0.401. The first-order valence-corrected chi connectivity index (χ1v) is 12.2. The lowest BCUT2D eigenvalue weighted by Gasteiger charge is -2.16. The van der Waals surface area contributed by atoms with E-state index in [1.54, 1.807) is 16.7 Å². The minimum atomic E-state index is 0.00173. The van der Waals surface area contributed by atoms with E-state index in [0.29, 0.717) is 11.7 Å². The highest BCUT2D eigenvalue weighted by atomic mass is 32.2. The van der Waals surface area contributed by atoms with Gasteiger partial charge in [-0.05, 0) is 48.5 Å². The number of amidine groups is 1. The summed E-state index contributed by atoms with van der Waals surface area (Å²) < 4.78 is 0. The van der Waals surface area contributed by atoms with Crippen molar-refractivity contribution in [3.05, 3.63) is 99.9 Å². The number of aryl methyl sites for hydroxylation is 1. The average molecular weight is 489 g/mol. The monoisotopic (exact) mass is 488 g/mol. The first-order chi connectivity index (χ1) is 16.5. The maximum Gasteiger partial charge on any atom is 0.269 e. The molecule has 172 valence electrons. The molecule has 2 aliphatic rings. The third kappa shape index (κ3) is 5.03. The second-order valence-electron chi connectivity index (χ2n) is 7.61. The number of nitrogens with two attached hydrogens (primary N) is 1. The Morgan fingerprint density at radius 1 is 0.941 bits per heavy atom. The molecule has 1 saturated heterocycles. The number of thioether (sulfide) groups is 2. The van der Waals surface area contributed by atoms with Gasteiger partial charge in [0.15, 0.2) is 5.17 Å². The van der Waals surface area contributed by atoms with Crippen molar-refractivity contribution in [2.45, 2.75) is 18.4 Å². The Labute approximate surface area is 207 Å². The fourth-order valence-corrected chi connectivity index (χ4v) is 5.90. The number of carbonyl (C=O) groups is 2. The number of aliphatic imine (C=N–C) groups is 1. The van der Waals surface area contributed by atoms with Gasteiger partial charge in [0.1, 0.15) is 4.91 Å². The molecule has 2 aliphatic heterocycles. The van der Waals surface area contributed by atoms with E-state index < -0.39 is 0 Å². The Kier molecular flexibility index (Phi) is 7.40. The highest BCUT2D eigenvalue weighted by molar-refractivity contribution is 8.19. The highest BCUT2D eigenvalue weighted by Crippen LogP contribution is 2.50. The van der Waals surface area contributed by atoms with E-state index in [1.165, 1.54) is 22.2 Å². The maximum atomic E-state index is 13.6. The SMILES string of the molecule is Cc1ccc(N=C2S/C(=C3\Sc4ccccc4N3C)C(=O)N2Cc2ccccc2)cc1.NC=O. The van der Waals surface area contributed by atoms with Crippen LogP contribution in [0, 0.1) is 6.92 Å². The van der Waals surface area contributed by atoms with E-state index in [4.69, 9.17) is 9.79 Å². The van der Waals surface area contributed by atoms with Crippen molar-refractivity contribution in [1.29, 1.82) is 0 Å². The number of rotatable bonds is 3. The third-order valence-corrected chi connectivity index (χ3v) is 7.67. The molecule has 2 heterocycles. The minimum Gasteiger partial charge on any atom is -0.372 e. The summed E-state index contributed by atoms with van der Waals surface area (Å²) in [6.07, 6.45) is 0.250. The van der Waals surface area contributed by atoms with Crippen molar-refractivity contribution in [3.8, 4) is 0 Å². The zero-order valence-electron chi connectivity index (χ0n) is 18.8. The number of anilines is 1. The van der Waals surface area contributed by atoms with Gasteiger partial charge in [-0.3, -0.25) is 14.5 Å². The molecule has 3 aromatic rings. The molecule has 0 saturated carbocycles. The van der Waals surface area contributed by atoms with Crippen LogP contribution in [0.25, 0.3) is 0 Å². The smallest absolute Gasteiger partial charge is 0.269 e. The van der Waals surface area contributed by atoms with Gasteiger partial charge in [-0.2, -0.15) is 0 Å². The molecule has 0 radical (unpaired) electrons. The Bertz CT molecular complexity index is 1260. The number of nitrogens with zero attached hydrogens (tertiary/aromatic N) is 3. The molecule has 0 aliphatic carbocycles. The Morgan fingerprint density at radius 2 is 1.59 bits per heavy atom. The van der Waals surface area contributed by atoms with E-state index >= 15 is 0 Å². The standard InChI is InChI=1S/C25H21N3OS2.CH3NO/c1-17-12-14-19(15-13-17)26-25-28(16-18-8-4-3-5-9-18)23(29)22(31-25)24-27(2)20-10-6-7-11-21(20)30-24;2-1-3/h3-15H,16H2,1-2H3;1H,(H2,2,3)/b24-22-,26-25?;. The van der Waals surface area contributed by atoms with Gasteiger partial charge >= 0.3 is 0 Å². The first kappa shape index (κ1) is 23.7. The molecule has 0 aromatic heterocycles. The molecule has 2 amide bonds. The molecule has 5 rings (SSSR count). The van der Waals surface area contributed by atoms with Gasteiger partial charge in [-0.15, -0.1) is 0 Å². The van der Waals surface area contributed by atoms with Crippen molar-refractivity contribution in [2.75, 3.05) is 11.9 Å². The second kappa shape index (κ2) is 10.6. The van der Waals surface area contributed by atoms with E-state index in [-0.39, 0.29) is 12.3 Å². The molecule has 34 heavy (non-hydrogen) atoms. The number of carbonyl (C=O) groups excluding carboxylic acids is 2. The highest BCUT2D eigenvalue weighted by Gasteiger charge is 2.39. The van der Waals surface area contributed by atoms with Crippen LogP contribution in [0.4, 0.5) is 11.4 Å². The second-order valence-corrected chi connectivity index (χ2v) is 9.62. The number of amides is 2. The van der Waals surface area contributed by atoms with Crippen LogP contribution in [0.2, 0.25) is 0 Å². The Hall–Kier alpha value is -3.49. The molecule has 2 N–H and O–H groups in total. The maximum absolute atomic E-state index is 13.6. The third-order valence-electron chi connectivity index (χ3n) is 5.24. The molecule has 3 aromatic carbocycles. The summed E-state index contributed by atoms with van der Waals surface area (Å²) in [7, 11) is 2.02. The largest absolute Gasteiger partial charge is 0.372 e. The summed E-state index contributed by atoms with van der Waals surface area (Å²) >= 11 is 3.11. The molecule has 0 bridgehead atoms. The zero-order valence-corrected chi connectivity index (χ0v) is 20.5. The summed E-state index contributed by atoms with van der Waals surface area (Å²) in [4.78, 5) is 32.8. The molecule has 1 fully saturated rings. The number of hydrogen-bond acceptors (Lipinski definition) is 6. The van der Waals surface area contributed by atoms with Gasteiger partial charge in [-0.1, -0.05) is 71.9 Å². The zero-order chi connectivity index (χ0) is 24.1. The summed E-state index contributed by atoms with van der Waals surface area (Å²) in [6, 6.07) is 26.4. The number of hydrogen-bond donors (Lipinski definition) is 1. The molecule has 0 spiro atoms. The van der Waals surface area contributed by atoms with Gasteiger partial charge in [-0.25, -0.2) is 4.99 Å². The average Bonchev–Trinajstić information content (AvgIpc) is 3.33. The summed E-state index contributed by atoms with van der Waals surface area (Å²) in [6.45, 7) is 2.55. The lowest BCUT2D eigenvalue weighted by Crippen LogP contribution is -2.29. The van der Waals surface area contributed by atoms with E-state index in [1.807, 2.05) is 73.8 Å². The first-order valence-electron chi connectivity index (χ1n) is 10.6. The predicted molar refractivity (Wildman–Crippen MR) is 141 cm³/mol. The molecular weight excluding hydrogens is 464 g/mol. The summed E-state index contributed by atoms with van der Waals surface area (Å²) in [5.74, 6) is 0.00173. The van der Waals surface area contributed by atoms with Crippen molar-refractivity contribution >= 4 is 52.4 Å². The number of primary amides is 1. The molecule has 0 unspecified atom stereocenters. The Morgan fingerprint density at radius 3 is 2.26 bits per heavy atom. The van der Waals surface area contributed by atoms with Crippen LogP contribution in [0.15, 0.2) is 98.7 Å². The fraction of sp³-hybridized carbons (Fsp3) is 0.115. The van der Waals surface area contributed by atoms with E-state index in [9.17, 15) is 4.79 Å². The predicted octanol–water partition coefficient (Wildman–Crippen LogP) is 5.27. The van der Waals surface area contributed by atoms with Crippen LogP contribution < -0.4 is 10.6 Å². The van der Waals surface area contributed by atoms with Gasteiger partial charge < -0.3 is 10.6 Å². The van der Waals surface area contributed by atoms with Crippen LogP contribution in [-0.2, 0) is 16.1 Å². The van der Waals surface area contributed by atoms with Crippen LogP contribution in [-0.4, -0.2) is 29.4 Å². The number of benzene rings is 3. The normalized spacial score (nSPS) is 18.1. The van der Waals surface area contributed by atoms with Gasteiger partial charge in [0.05, 0.1) is 22.9 Å². The van der Waals surface area contributed by atoms with Crippen molar-refractivity contribution in [3.63, 3.8) is 0 Å². The van der Waals surface area contributed by atoms with Crippen LogP contribution in [0.5, 0.6) is 0 Å². The molecule has 6 nitrogen and oxygen atoms in total. The lowest BCUT2D eigenvalue weighted by atomic mass is 10.2. The van der Waals surface area contributed by atoms with Crippen LogP contribution >= 0.6 is 23.5 Å². The van der Waals surface area contributed by atoms with Gasteiger partial charge in [0, 0.05) is 11.9 Å². The van der Waals surface area contributed by atoms with Crippen molar-refractivity contribution in [2.24, 2.45) is 10.7 Å². The molecule has 0 atom stereocenters. The summed E-state index contributed by atoms with van der Waals surface area (Å²) in [5.41, 5.74) is 8.41. The van der Waals surface area contributed by atoms with E-state index in [0.717, 1.165) is 26.9 Å². The number of para-hydroxylation sites is 1. The lowest BCUT2D eigenvalue weighted by molar-refractivity contribution is -0.122. The van der Waals surface area contributed by atoms with Crippen LogP contribution in [0.1, 0.15) is 11.1 Å². The number of fused-ring (bicyclic) bond motifs is 1. The van der Waals surface area contributed by atoms with E-state index in [2.05, 4.69) is 29.7 Å². The molecule has 8 heteroatoms. The van der Waals surface area contributed by atoms with Gasteiger partial charge in [0.25, 0.3) is 5.91 Å². The minimum absolute atomic E-state index is 0.00173. The van der Waals surface area contributed by atoms with Crippen molar-refractivity contribution in [1.82, 2.24) is 4.90 Å².